The predicted octanol–water partition coefficient (Wildman–Crippen LogP) is 4.82. The molecule has 0 unspecified atom stereocenters. The molecule has 0 bridgehead atoms. The number of hydrogen-bond donors (Lipinski definition) is 1. The first-order valence-corrected chi connectivity index (χ1v) is 9.89. The molecule has 0 spiro atoms. The van der Waals surface area contributed by atoms with Gasteiger partial charge in [-0.2, -0.15) is 0 Å². The van der Waals surface area contributed by atoms with E-state index in [1.165, 1.54) is 11.1 Å². The number of carbonyl (C=O) groups excluding carboxylic acids is 1. The molecule has 3 aromatic rings. The summed E-state index contributed by atoms with van der Waals surface area (Å²) in [4.78, 5) is 17.2. The number of imidazole rings is 1. The molecule has 1 amide bonds. The van der Waals surface area contributed by atoms with Gasteiger partial charge in [-0.3, -0.25) is 4.79 Å². The highest BCUT2D eigenvalue weighted by atomic mass is 16.1. The minimum atomic E-state index is 0.00647. The Morgan fingerprint density at radius 2 is 1.93 bits per heavy atom. The van der Waals surface area contributed by atoms with Crippen LogP contribution < -0.4 is 5.32 Å². The zero-order valence-electron chi connectivity index (χ0n) is 16.6. The molecule has 0 saturated heterocycles. The molecule has 1 N–H and O–H groups in total. The topological polar surface area (TPSA) is 46.9 Å². The van der Waals surface area contributed by atoms with E-state index in [0.29, 0.717) is 6.54 Å². The number of fused-ring (bicyclic) bond motifs is 1. The fourth-order valence-corrected chi connectivity index (χ4v) is 3.49. The maximum atomic E-state index is 12.4. The number of amides is 1. The third kappa shape index (κ3) is 4.57. The van der Waals surface area contributed by atoms with Gasteiger partial charge >= 0.3 is 0 Å². The van der Waals surface area contributed by atoms with Gasteiger partial charge in [0.2, 0.25) is 0 Å². The highest BCUT2D eigenvalue weighted by molar-refractivity contribution is 5.95. The Kier molecular flexibility index (Phi) is 6.28. The number of aromatic nitrogens is 2. The molecule has 4 heteroatoms. The van der Waals surface area contributed by atoms with Crippen molar-refractivity contribution in [3.8, 4) is 0 Å². The number of para-hydroxylation sites is 2. The van der Waals surface area contributed by atoms with Crippen LogP contribution in [-0.4, -0.2) is 22.0 Å². The van der Waals surface area contributed by atoms with Gasteiger partial charge in [-0.25, -0.2) is 4.98 Å². The van der Waals surface area contributed by atoms with Crippen LogP contribution in [0.5, 0.6) is 0 Å². The molecule has 2 aromatic carbocycles. The Balaban J connectivity index is 1.61. The number of carbonyl (C=O) groups is 1. The maximum absolute atomic E-state index is 12.4. The van der Waals surface area contributed by atoms with E-state index in [2.05, 4.69) is 35.0 Å². The standard InChI is InChI=1S/C23H29N3O/c1-4-5-15-26-21-10-7-6-9-20(21)25-22(26)11-8-14-24-23(27)19-13-12-17(2)16-18(19)3/h6-7,9-10,12-13,16H,4-5,8,11,14-15H2,1-3H3,(H,24,27). The van der Waals surface area contributed by atoms with Crippen LogP contribution in [0.25, 0.3) is 11.0 Å². The molecule has 3 rings (SSSR count). The Morgan fingerprint density at radius 1 is 1.11 bits per heavy atom. The number of aryl methyl sites for hydroxylation is 4. The van der Waals surface area contributed by atoms with E-state index >= 15 is 0 Å². The van der Waals surface area contributed by atoms with Crippen molar-refractivity contribution in [2.45, 2.75) is 53.0 Å². The quantitative estimate of drug-likeness (QED) is 0.584. The summed E-state index contributed by atoms with van der Waals surface area (Å²) < 4.78 is 2.34. The number of rotatable bonds is 8. The summed E-state index contributed by atoms with van der Waals surface area (Å²) in [6, 6.07) is 14.3. The van der Waals surface area contributed by atoms with Crippen molar-refractivity contribution in [2.75, 3.05) is 6.54 Å². The molecule has 0 radical (unpaired) electrons. The maximum Gasteiger partial charge on any atom is 0.251 e. The third-order valence-electron chi connectivity index (χ3n) is 4.96. The van der Waals surface area contributed by atoms with E-state index in [0.717, 1.165) is 54.7 Å². The van der Waals surface area contributed by atoms with Gasteiger partial charge in [0.15, 0.2) is 0 Å². The molecule has 27 heavy (non-hydrogen) atoms. The van der Waals surface area contributed by atoms with Crippen molar-refractivity contribution in [3.63, 3.8) is 0 Å². The van der Waals surface area contributed by atoms with Crippen molar-refractivity contribution in [2.24, 2.45) is 0 Å². The second-order valence-corrected chi connectivity index (χ2v) is 7.20. The fourth-order valence-electron chi connectivity index (χ4n) is 3.49. The Morgan fingerprint density at radius 3 is 2.70 bits per heavy atom. The van der Waals surface area contributed by atoms with Gasteiger partial charge < -0.3 is 9.88 Å². The lowest BCUT2D eigenvalue weighted by molar-refractivity contribution is 0.0952. The average molecular weight is 364 g/mol. The third-order valence-corrected chi connectivity index (χ3v) is 4.96. The minimum Gasteiger partial charge on any atom is -0.352 e. The lowest BCUT2D eigenvalue weighted by Crippen LogP contribution is -2.25. The minimum absolute atomic E-state index is 0.00647. The van der Waals surface area contributed by atoms with E-state index in [1.807, 2.05) is 38.1 Å². The molecule has 1 heterocycles. The molecule has 0 atom stereocenters. The molecule has 0 fully saturated rings. The molecule has 0 aliphatic rings. The molecule has 0 aliphatic heterocycles. The summed E-state index contributed by atoms with van der Waals surface area (Å²) in [7, 11) is 0. The van der Waals surface area contributed by atoms with Gasteiger partial charge in [-0.15, -0.1) is 0 Å². The predicted molar refractivity (Wildman–Crippen MR) is 111 cm³/mol. The van der Waals surface area contributed by atoms with Crippen LogP contribution >= 0.6 is 0 Å². The van der Waals surface area contributed by atoms with Gasteiger partial charge in [-0.1, -0.05) is 43.2 Å². The van der Waals surface area contributed by atoms with Crippen molar-refractivity contribution in [1.82, 2.24) is 14.9 Å². The number of nitrogens with zero attached hydrogens (tertiary/aromatic N) is 2. The van der Waals surface area contributed by atoms with Crippen LogP contribution in [0.2, 0.25) is 0 Å². The zero-order valence-corrected chi connectivity index (χ0v) is 16.6. The molecule has 1 aromatic heterocycles. The Bertz CT molecular complexity index is 927. The van der Waals surface area contributed by atoms with E-state index < -0.39 is 0 Å². The molecule has 4 nitrogen and oxygen atoms in total. The Hall–Kier alpha value is -2.62. The molecule has 0 saturated carbocycles. The van der Waals surface area contributed by atoms with Crippen LogP contribution in [-0.2, 0) is 13.0 Å². The van der Waals surface area contributed by atoms with E-state index in [9.17, 15) is 4.79 Å². The van der Waals surface area contributed by atoms with E-state index in [1.54, 1.807) is 0 Å². The normalized spacial score (nSPS) is 11.1. The SMILES string of the molecule is CCCCn1c(CCCNC(=O)c2ccc(C)cc2C)nc2ccccc21. The van der Waals surface area contributed by atoms with E-state index in [-0.39, 0.29) is 5.91 Å². The fraction of sp³-hybridized carbons (Fsp3) is 0.391. The molecular weight excluding hydrogens is 334 g/mol. The molecule has 0 aliphatic carbocycles. The van der Waals surface area contributed by atoms with Gasteiger partial charge in [0.05, 0.1) is 11.0 Å². The monoisotopic (exact) mass is 363 g/mol. The number of unbranched alkanes of at least 4 members (excludes halogenated alkanes) is 1. The van der Waals surface area contributed by atoms with Crippen LogP contribution in [0, 0.1) is 13.8 Å². The summed E-state index contributed by atoms with van der Waals surface area (Å²) in [6.07, 6.45) is 4.06. The average Bonchev–Trinajstić information content (AvgIpc) is 3.00. The lowest BCUT2D eigenvalue weighted by Gasteiger charge is -2.10. The summed E-state index contributed by atoms with van der Waals surface area (Å²) >= 11 is 0. The number of benzene rings is 2. The van der Waals surface area contributed by atoms with Gasteiger partial charge in [0.25, 0.3) is 5.91 Å². The van der Waals surface area contributed by atoms with E-state index in [4.69, 9.17) is 4.98 Å². The van der Waals surface area contributed by atoms with Crippen molar-refractivity contribution in [1.29, 1.82) is 0 Å². The summed E-state index contributed by atoms with van der Waals surface area (Å²) in [6.45, 7) is 7.89. The first-order chi connectivity index (χ1) is 13.1. The van der Waals surface area contributed by atoms with Crippen molar-refractivity contribution < 1.29 is 4.79 Å². The first-order valence-electron chi connectivity index (χ1n) is 9.89. The summed E-state index contributed by atoms with van der Waals surface area (Å²) in [5.41, 5.74) is 5.22. The number of nitrogens with one attached hydrogen (secondary N) is 1. The van der Waals surface area contributed by atoms with Crippen molar-refractivity contribution in [3.05, 3.63) is 65.0 Å². The molecule has 142 valence electrons. The summed E-state index contributed by atoms with van der Waals surface area (Å²) in [5.74, 6) is 1.12. The second kappa shape index (κ2) is 8.85. The first kappa shape index (κ1) is 19.2. The van der Waals surface area contributed by atoms with Crippen LogP contribution in [0.15, 0.2) is 42.5 Å². The summed E-state index contributed by atoms with van der Waals surface area (Å²) in [5, 5.41) is 3.05. The van der Waals surface area contributed by atoms with Gasteiger partial charge in [0, 0.05) is 25.1 Å². The van der Waals surface area contributed by atoms with Gasteiger partial charge in [-0.05, 0) is 50.5 Å². The highest BCUT2D eigenvalue weighted by Gasteiger charge is 2.11. The largest absolute Gasteiger partial charge is 0.352 e. The molecular formula is C23H29N3O. The van der Waals surface area contributed by atoms with Gasteiger partial charge in [0.1, 0.15) is 5.82 Å². The highest BCUT2D eigenvalue weighted by Crippen LogP contribution is 2.18. The number of hydrogen-bond acceptors (Lipinski definition) is 2. The Labute approximate surface area is 161 Å². The van der Waals surface area contributed by atoms with Crippen molar-refractivity contribution >= 4 is 16.9 Å². The smallest absolute Gasteiger partial charge is 0.251 e. The van der Waals surface area contributed by atoms with Crippen LogP contribution in [0.3, 0.4) is 0 Å². The second-order valence-electron chi connectivity index (χ2n) is 7.20. The zero-order chi connectivity index (χ0) is 19.2. The van der Waals surface area contributed by atoms with Crippen LogP contribution in [0.4, 0.5) is 0 Å². The lowest BCUT2D eigenvalue weighted by atomic mass is 10.1. The van der Waals surface area contributed by atoms with Crippen LogP contribution in [0.1, 0.15) is 53.5 Å².